The molecule has 0 N–H and O–H groups in total. The minimum atomic E-state index is -0.502. The summed E-state index contributed by atoms with van der Waals surface area (Å²) in [4.78, 5) is 23.0. The lowest BCUT2D eigenvalue weighted by Crippen LogP contribution is -2.19. The van der Waals surface area contributed by atoms with E-state index < -0.39 is 5.97 Å². The topological polar surface area (TPSA) is 43.4 Å². The normalized spacial score (nSPS) is 11.9. The number of carbonyl (C=O) groups excluding carboxylic acids is 2. The maximum absolute atomic E-state index is 11.9. The van der Waals surface area contributed by atoms with E-state index in [-0.39, 0.29) is 10.6 Å². The van der Waals surface area contributed by atoms with E-state index in [0.29, 0.717) is 16.5 Å². The quantitative estimate of drug-likeness (QED) is 0.477. The van der Waals surface area contributed by atoms with Gasteiger partial charge in [0.2, 0.25) is 0 Å². The number of halogens is 2. The van der Waals surface area contributed by atoms with Crippen molar-refractivity contribution >= 4 is 43.6 Å². The SMILES string of the molecule is COC(=O)c1ccccc1C(=O)C(Br)CBr. The molecular weight excluding hydrogens is 340 g/mol. The molecule has 1 atom stereocenters. The first-order chi connectivity index (χ1) is 7.61. The molecule has 3 nitrogen and oxygen atoms in total. The monoisotopic (exact) mass is 348 g/mol. The van der Waals surface area contributed by atoms with Gasteiger partial charge in [0.15, 0.2) is 5.78 Å². The van der Waals surface area contributed by atoms with Crippen LogP contribution >= 0.6 is 31.9 Å². The Morgan fingerprint density at radius 1 is 1.31 bits per heavy atom. The highest BCUT2D eigenvalue weighted by Crippen LogP contribution is 2.17. The molecule has 1 aromatic carbocycles. The summed E-state index contributed by atoms with van der Waals surface area (Å²) in [5.41, 5.74) is 0.663. The highest BCUT2D eigenvalue weighted by molar-refractivity contribution is 9.12. The van der Waals surface area contributed by atoms with Gasteiger partial charge in [-0.05, 0) is 6.07 Å². The van der Waals surface area contributed by atoms with E-state index in [9.17, 15) is 9.59 Å². The molecule has 0 amide bonds. The largest absolute Gasteiger partial charge is 0.465 e. The van der Waals surface area contributed by atoms with Gasteiger partial charge >= 0.3 is 5.97 Å². The highest BCUT2D eigenvalue weighted by Gasteiger charge is 2.21. The zero-order valence-corrected chi connectivity index (χ0v) is 11.7. The lowest BCUT2D eigenvalue weighted by Gasteiger charge is -2.09. The molecule has 0 spiro atoms. The van der Waals surface area contributed by atoms with Gasteiger partial charge < -0.3 is 4.74 Å². The number of hydrogen-bond donors (Lipinski definition) is 0. The van der Waals surface area contributed by atoms with Crippen LogP contribution in [0.5, 0.6) is 0 Å². The van der Waals surface area contributed by atoms with Crippen LogP contribution in [-0.2, 0) is 4.74 Å². The van der Waals surface area contributed by atoms with Crippen molar-refractivity contribution in [1.29, 1.82) is 0 Å². The van der Waals surface area contributed by atoms with Crippen LogP contribution in [0.25, 0.3) is 0 Å². The van der Waals surface area contributed by atoms with Gasteiger partial charge in [-0.15, -0.1) is 0 Å². The van der Waals surface area contributed by atoms with Crippen molar-refractivity contribution in [3.05, 3.63) is 35.4 Å². The molecule has 0 aliphatic carbocycles. The Morgan fingerprint density at radius 2 is 1.88 bits per heavy atom. The molecule has 0 aromatic heterocycles. The predicted molar refractivity (Wildman–Crippen MR) is 68.6 cm³/mol. The molecule has 0 aliphatic heterocycles. The van der Waals surface area contributed by atoms with Gasteiger partial charge in [-0.2, -0.15) is 0 Å². The lowest BCUT2D eigenvalue weighted by atomic mass is 10.0. The Morgan fingerprint density at radius 3 is 2.38 bits per heavy atom. The summed E-state index contributed by atoms with van der Waals surface area (Å²) in [6.45, 7) is 0. The summed E-state index contributed by atoms with van der Waals surface area (Å²) in [7, 11) is 1.29. The average molecular weight is 350 g/mol. The summed E-state index contributed by atoms with van der Waals surface area (Å²) in [5, 5.41) is 0.487. The molecule has 0 heterocycles. The number of alkyl halides is 2. The molecule has 0 saturated carbocycles. The lowest BCUT2D eigenvalue weighted by molar-refractivity contribution is 0.0597. The third kappa shape index (κ3) is 2.92. The molecule has 0 bridgehead atoms. The summed E-state index contributed by atoms with van der Waals surface area (Å²) < 4.78 is 4.62. The number of carbonyl (C=O) groups is 2. The smallest absolute Gasteiger partial charge is 0.338 e. The second kappa shape index (κ2) is 6.15. The first-order valence-electron chi connectivity index (χ1n) is 4.53. The standard InChI is InChI=1S/C11H10Br2O3/c1-16-11(15)8-5-3-2-4-7(8)10(14)9(13)6-12/h2-5,9H,6H2,1H3. The Bertz CT molecular complexity index is 404. The molecule has 0 fully saturated rings. The Labute approximate surface area is 110 Å². The fourth-order valence-corrected chi connectivity index (χ4v) is 1.77. The minimum Gasteiger partial charge on any atom is -0.465 e. The molecule has 86 valence electrons. The van der Waals surface area contributed by atoms with Crippen molar-refractivity contribution in [1.82, 2.24) is 0 Å². The van der Waals surface area contributed by atoms with Crippen molar-refractivity contribution in [2.24, 2.45) is 0 Å². The van der Waals surface area contributed by atoms with E-state index in [2.05, 4.69) is 36.6 Å². The molecule has 0 saturated heterocycles. The zero-order chi connectivity index (χ0) is 12.1. The van der Waals surface area contributed by atoms with E-state index >= 15 is 0 Å². The van der Waals surface area contributed by atoms with Gasteiger partial charge in [0, 0.05) is 10.9 Å². The number of rotatable bonds is 4. The van der Waals surface area contributed by atoms with Crippen LogP contribution < -0.4 is 0 Å². The fraction of sp³-hybridized carbons (Fsp3) is 0.273. The maximum atomic E-state index is 11.9. The Kier molecular flexibility index (Phi) is 5.15. The fourth-order valence-electron chi connectivity index (χ4n) is 1.22. The summed E-state index contributed by atoms with van der Waals surface area (Å²) in [5.74, 6) is -0.643. The van der Waals surface area contributed by atoms with Crippen LogP contribution in [0.15, 0.2) is 24.3 Å². The van der Waals surface area contributed by atoms with Gasteiger partial charge in [-0.25, -0.2) is 4.79 Å². The van der Waals surface area contributed by atoms with Gasteiger partial charge in [0.05, 0.1) is 17.5 Å². The van der Waals surface area contributed by atoms with Gasteiger partial charge in [0.25, 0.3) is 0 Å². The van der Waals surface area contributed by atoms with Crippen molar-refractivity contribution in [2.45, 2.75) is 4.83 Å². The van der Waals surface area contributed by atoms with Crippen LogP contribution in [0, 0.1) is 0 Å². The third-order valence-electron chi connectivity index (χ3n) is 2.02. The summed E-state index contributed by atoms with van der Waals surface area (Å²) in [6, 6.07) is 6.60. The van der Waals surface area contributed by atoms with E-state index in [0.717, 1.165) is 0 Å². The van der Waals surface area contributed by atoms with Crippen LogP contribution in [0.1, 0.15) is 20.7 Å². The van der Waals surface area contributed by atoms with Crippen molar-refractivity contribution in [3.8, 4) is 0 Å². The number of ether oxygens (including phenoxy) is 1. The highest BCUT2D eigenvalue weighted by atomic mass is 79.9. The van der Waals surface area contributed by atoms with Crippen LogP contribution in [0.4, 0.5) is 0 Å². The van der Waals surface area contributed by atoms with E-state index in [1.165, 1.54) is 7.11 Å². The number of Topliss-reactive ketones (excluding diaryl/α,β-unsaturated/α-hetero) is 1. The molecular formula is C11H10Br2O3. The van der Waals surface area contributed by atoms with Crippen molar-refractivity contribution < 1.29 is 14.3 Å². The zero-order valence-electron chi connectivity index (χ0n) is 8.57. The first-order valence-corrected chi connectivity index (χ1v) is 6.57. The second-order valence-corrected chi connectivity index (χ2v) is 4.78. The molecule has 1 rings (SSSR count). The third-order valence-corrected chi connectivity index (χ3v) is 4.27. The summed E-state index contributed by atoms with van der Waals surface area (Å²) >= 11 is 6.44. The van der Waals surface area contributed by atoms with Crippen molar-refractivity contribution in [2.75, 3.05) is 12.4 Å². The molecule has 1 aromatic rings. The molecule has 0 aliphatic rings. The molecule has 0 radical (unpaired) electrons. The second-order valence-electron chi connectivity index (χ2n) is 3.02. The van der Waals surface area contributed by atoms with Crippen LogP contribution in [0.2, 0.25) is 0 Å². The number of esters is 1. The summed E-state index contributed by atoms with van der Waals surface area (Å²) in [6.07, 6.45) is 0. The van der Waals surface area contributed by atoms with E-state index in [1.807, 2.05) is 0 Å². The van der Waals surface area contributed by atoms with Gasteiger partial charge in [0.1, 0.15) is 0 Å². The number of benzene rings is 1. The average Bonchev–Trinajstić information content (AvgIpc) is 2.35. The molecule has 16 heavy (non-hydrogen) atoms. The van der Waals surface area contributed by atoms with Gasteiger partial charge in [-0.1, -0.05) is 50.1 Å². The van der Waals surface area contributed by atoms with Crippen molar-refractivity contribution in [3.63, 3.8) is 0 Å². The minimum absolute atomic E-state index is 0.141. The van der Waals surface area contributed by atoms with Gasteiger partial charge in [-0.3, -0.25) is 4.79 Å². The maximum Gasteiger partial charge on any atom is 0.338 e. The predicted octanol–water partition coefficient (Wildman–Crippen LogP) is 2.81. The Balaban J connectivity index is 3.13. The van der Waals surface area contributed by atoms with Crippen LogP contribution in [-0.4, -0.2) is 29.0 Å². The van der Waals surface area contributed by atoms with E-state index in [4.69, 9.17) is 0 Å². The number of hydrogen-bond acceptors (Lipinski definition) is 3. The Hall–Kier alpha value is -0.680. The molecule has 5 heteroatoms. The molecule has 1 unspecified atom stereocenters. The van der Waals surface area contributed by atoms with Crippen LogP contribution in [0.3, 0.4) is 0 Å². The number of methoxy groups -OCH3 is 1. The number of ketones is 1. The van der Waals surface area contributed by atoms with E-state index in [1.54, 1.807) is 24.3 Å². The first kappa shape index (κ1) is 13.4.